The van der Waals surface area contributed by atoms with Crippen molar-refractivity contribution in [3.05, 3.63) is 388 Å². The molecule has 4 heteroatoms. The van der Waals surface area contributed by atoms with Crippen LogP contribution in [0.25, 0.3) is 154 Å². The van der Waals surface area contributed by atoms with E-state index in [0.717, 1.165) is 150 Å². The third-order valence-corrected chi connectivity index (χ3v) is 20.3. The number of hydrogen-bond acceptors (Lipinski definition) is 4. The highest BCUT2D eigenvalue weighted by atomic mass is 16.3. The number of fused-ring (bicyclic) bond motifs is 8. The zero-order chi connectivity index (χ0) is 67.5. The SMILES string of the molecule is c1ccc(-c2ccc(N(c3ccc(-c4ccc(-c5ccc6ccc(-c7cccc8c7oc7c(-c9ccccc9N(c9ccc(-c%10ccccc%10)cc9)c9ccc(-c%10ccc%11ccccc%11c%10)cc9)cccc78)cc6c5)cc4)cc3)c3ccccc3-c3cccc4c3oc3ccccc34)cc2)cc1. The van der Waals surface area contributed by atoms with Gasteiger partial charge in [-0.1, -0.05) is 303 Å². The summed E-state index contributed by atoms with van der Waals surface area (Å²) < 4.78 is 13.9. The Labute approximate surface area is 591 Å². The Hall–Kier alpha value is -13.5. The molecule has 0 saturated carbocycles. The summed E-state index contributed by atoms with van der Waals surface area (Å²) in [6.07, 6.45) is 0. The molecule has 0 unspecified atom stereocenters. The van der Waals surface area contributed by atoms with Gasteiger partial charge in [0.2, 0.25) is 0 Å². The van der Waals surface area contributed by atoms with E-state index in [1.54, 1.807) is 0 Å². The van der Waals surface area contributed by atoms with E-state index in [0.29, 0.717) is 0 Å². The summed E-state index contributed by atoms with van der Waals surface area (Å²) in [6, 6.07) is 140. The average Bonchev–Trinajstić information content (AvgIpc) is 1.56. The van der Waals surface area contributed by atoms with E-state index in [-0.39, 0.29) is 0 Å². The number of rotatable bonds is 14. The number of para-hydroxylation sites is 6. The molecule has 0 aliphatic heterocycles. The molecule has 102 heavy (non-hydrogen) atoms. The Balaban J connectivity index is 0.633. The summed E-state index contributed by atoms with van der Waals surface area (Å²) in [6.45, 7) is 0. The lowest BCUT2D eigenvalue weighted by molar-refractivity contribution is 0.670. The fourth-order valence-electron chi connectivity index (χ4n) is 15.2. The molecule has 2 aromatic heterocycles. The molecule has 17 aromatic carbocycles. The minimum atomic E-state index is 0.850. The number of benzene rings is 17. The first kappa shape index (κ1) is 59.7. The topological polar surface area (TPSA) is 32.8 Å². The van der Waals surface area contributed by atoms with Crippen LogP contribution in [0.1, 0.15) is 0 Å². The largest absolute Gasteiger partial charge is 0.455 e. The van der Waals surface area contributed by atoms with E-state index >= 15 is 0 Å². The minimum absolute atomic E-state index is 0.850. The van der Waals surface area contributed by atoms with Crippen LogP contribution in [0.4, 0.5) is 34.1 Å². The van der Waals surface area contributed by atoms with Crippen molar-refractivity contribution >= 4 is 99.5 Å². The van der Waals surface area contributed by atoms with Gasteiger partial charge in [-0.2, -0.15) is 0 Å². The van der Waals surface area contributed by atoms with Gasteiger partial charge in [0.1, 0.15) is 22.3 Å². The minimum Gasteiger partial charge on any atom is -0.455 e. The molecule has 0 atom stereocenters. The Morgan fingerprint density at radius 3 is 0.971 bits per heavy atom. The summed E-state index contributed by atoms with van der Waals surface area (Å²) in [5.41, 5.74) is 27.8. The van der Waals surface area contributed by atoms with Crippen molar-refractivity contribution in [2.75, 3.05) is 9.80 Å². The molecular formula is C98H64N2O2. The van der Waals surface area contributed by atoms with Crippen molar-refractivity contribution in [3.63, 3.8) is 0 Å². The molecule has 0 aliphatic rings. The van der Waals surface area contributed by atoms with Crippen LogP contribution in [0, 0.1) is 0 Å². The summed E-state index contributed by atoms with van der Waals surface area (Å²) >= 11 is 0. The Kier molecular flexibility index (Phi) is 14.9. The van der Waals surface area contributed by atoms with Crippen LogP contribution in [-0.4, -0.2) is 0 Å². The molecule has 0 N–H and O–H groups in total. The van der Waals surface area contributed by atoms with Crippen molar-refractivity contribution in [1.29, 1.82) is 0 Å². The van der Waals surface area contributed by atoms with E-state index in [9.17, 15) is 0 Å². The van der Waals surface area contributed by atoms with E-state index in [4.69, 9.17) is 8.83 Å². The van der Waals surface area contributed by atoms with Gasteiger partial charge in [-0.05, 0) is 168 Å². The quantitative estimate of drug-likeness (QED) is 0.109. The molecule has 0 spiro atoms. The van der Waals surface area contributed by atoms with Crippen molar-refractivity contribution in [2.24, 2.45) is 0 Å². The van der Waals surface area contributed by atoms with Crippen LogP contribution < -0.4 is 9.80 Å². The van der Waals surface area contributed by atoms with Gasteiger partial charge >= 0.3 is 0 Å². The fraction of sp³-hybridized carbons (Fsp3) is 0. The maximum absolute atomic E-state index is 7.28. The smallest absolute Gasteiger partial charge is 0.143 e. The highest BCUT2D eigenvalue weighted by molar-refractivity contribution is 6.15. The first-order valence-electron chi connectivity index (χ1n) is 34.8. The summed E-state index contributed by atoms with van der Waals surface area (Å²) in [4.78, 5) is 4.75. The molecule has 19 rings (SSSR count). The second-order valence-corrected chi connectivity index (χ2v) is 26.3. The molecule has 0 fully saturated rings. The van der Waals surface area contributed by atoms with E-state index < -0.39 is 0 Å². The molecule has 0 saturated heterocycles. The predicted molar refractivity (Wildman–Crippen MR) is 429 cm³/mol. The second-order valence-electron chi connectivity index (χ2n) is 26.3. The van der Waals surface area contributed by atoms with Gasteiger partial charge in [0.15, 0.2) is 0 Å². The summed E-state index contributed by atoms with van der Waals surface area (Å²) in [5, 5.41) is 9.15. The van der Waals surface area contributed by atoms with Gasteiger partial charge in [0.05, 0.1) is 11.4 Å². The Morgan fingerprint density at radius 2 is 0.471 bits per heavy atom. The molecule has 0 bridgehead atoms. The highest BCUT2D eigenvalue weighted by Crippen LogP contribution is 2.49. The summed E-state index contributed by atoms with van der Waals surface area (Å²) in [5.74, 6) is 0. The molecule has 0 aliphatic carbocycles. The van der Waals surface area contributed by atoms with Crippen LogP contribution in [0.3, 0.4) is 0 Å². The maximum atomic E-state index is 7.28. The molecular weight excluding hydrogens is 1240 g/mol. The average molecular weight is 1300 g/mol. The fourth-order valence-corrected chi connectivity index (χ4v) is 15.2. The first-order valence-corrected chi connectivity index (χ1v) is 34.8. The summed E-state index contributed by atoms with van der Waals surface area (Å²) in [7, 11) is 0. The normalized spacial score (nSPS) is 11.5. The zero-order valence-corrected chi connectivity index (χ0v) is 55.7. The van der Waals surface area contributed by atoms with Gasteiger partial charge in [0, 0.05) is 72.1 Å². The van der Waals surface area contributed by atoms with E-state index in [2.05, 4.69) is 392 Å². The lowest BCUT2D eigenvalue weighted by Gasteiger charge is -2.28. The van der Waals surface area contributed by atoms with Crippen LogP contribution >= 0.6 is 0 Å². The van der Waals surface area contributed by atoms with Crippen molar-refractivity contribution < 1.29 is 8.83 Å². The predicted octanol–water partition coefficient (Wildman–Crippen LogP) is 28.1. The standard InChI is InChI=1S/C98H64N2O2/c1-3-18-65(19-4-1)69-46-54-80(55-47-69)99(93-33-12-9-24-85(93)88-28-16-30-90-87-26-11-14-35-95(87)101-97(88)90)82-58-50-71(51-59-82)68-36-38-72(39-37-68)77-44-41-74-42-45-78(64-79(74)63-77)84-27-15-31-91-92-32-17-29-89(98(92)102-96(84)91)86-25-10-13-34-94(86)100(81-56-48-70(49-57-81)66-20-5-2-6-21-66)83-60-52-73(53-61-83)76-43-40-67-22-7-8-23-75(67)62-76/h1-64H. The molecule has 4 nitrogen and oxygen atoms in total. The number of furan rings is 2. The van der Waals surface area contributed by atoms with E-state index in [1.165, 1.54) is 38.4 Å². The van der Waals surface area contributed by atoms with Gasteiger partial charge in [-0.3, -0.25) is 0 Å². The monoisotopic (exact) mass is 1300 g/mol. The number of anilines is 6. The van der Waals surface area contributed by atoms with Gasteiger partial charge in [-0.15, -0.1) is 0 Å². The van der Waals surface area contributed by atoms with Crippen molar-refractivity contribution in [2.45, 2.75) is 0 Å². The van der Waals surface area contributed by atoms with Gasteiger partial charge < -0.3 is 18.6 Å². The Morgan fingerprint density at radius 1 is 0.167 bits per heavy atom. The zero-order valence-electron chi connectivity index (χ0n) is 55.7. The van der Waals surface area contributed by atoms with Crippen LogP contribution in [-0.2, 0) is 0 Å². The third kappa shape index (κ3) is 10.8. The third-order valence-electron chi connectivity index (χ3n) is 20.3. The molecule has 0 radical (unpaired) electrons. The van der Waals surface area contributed by atoms with Gasteiger partial charge in [0.25, 0.3) is 0 Å². The second kappa shape index (κ2) is 25.4. The molecule has 2 heterocycles. The highest BCUT2D eigenvalue weighted by Gasteiger charge is 2.24. The van der Waals surface area contributed by atoms with Crippen LogP contribution in [0.5, 0.6) is 0 Å². The van der Waals surface area contributed by atoms with Crippen molar-refractivity contribution in [3.8, 4) is 89.0 Å². The van der Waals surface area contributed by atoms with Gasteiger partial charge in [-0.25, -0.2) is 0 Å². The lowest BCUT2D eigenvalue weighted by atomic mass is 9.95. The first-order chi connectivity index (χ1) is 50.5. The van der Waals surface area contributed by atoms with Crippen LogP contribution in [0.2, 0.25) is 0 Å². The lowest BCUT2D eigenvalue weighted by Crippen LogP contribution is -2.11. The molecule has 19 aromatic rings. The molecule has 0 amide bonds. The maximum Gasteiger partial charge on any atom is 0.143 e. The Bertz CT molecular complexity index is 6330. The number of hydrogen-bond donors (Lipinski definition) is 0. The van der Waals surface area contributed by atoms with Crippen LogP contribution in [0.15, 0.2) is 397 Å². The van der Waals surface area contributed by atoms with Crippen molar-refractivity contribution in [1.82, 2.24) is 0 Å². The van der Waals surface area contributed by atoms with E-state index in [1.807, 2.05) is 6.07 Å². The number of nitrogens with zero attached hydrogens (tertiary/aromatic N) is 2. The molecule has 478 valence electrons.